The molecule has 0 aliphatic carbocycles. The highest BCUT2D eigenvalue weighted by Crippen LogP contribution is 2.37. The minimum Gasteiger partial charge on any atom is -0.358 e. The molecule has 0 saturated carbocycles. The predicted octanol–water partition coefficient (Wildman–Crippen LogP) is 2.52. The van der Waals surface area contributed by atoms with Crippen LogP contribution in [0.4, 0.5) is 0 Å². The Labute approximate surface area is 159 Å². The number of H-pyrrole nitrogens is 1. The van der Waals surface area contributed by atoms with Gasteiger partial charge in [-0.3, -0.25) is 4.79 Å². The van der Waals surface area contributed by atoms with Crippen LogP contribution in [0.15, 0.2) is 18.2 Å². The molecule has 2 aliphatic rings. The van der Waals surface area contributed by atoms with E-state index in [1.807, 2.05) is 18.2 Å². The van der Waals surface area contributed by atoms with Crippen LogP contribution in [0.2, 0.25) is 5.02 Å². The highest BCUT2D eigenvalue weighted by atomic mass is 35.5. The molecule has 140 valence electrons. The van der Waals surface area contributed by atoms with E-state index in [9.17, 15) is 4.79 Å². The number of nitrogens with one attached hydrogen (secondary N) is 4. The van der Waals surface area contributed by atoms with E-state index < -0.39 is 0 Å². The molecule has 0 unspecified atom stereocenters. The fourth-order valence-electron chi connectivity index (χ4n) is 4.55. The molecule has 1 aromatic carbocycles. The van der Waals surface area contributed by atoms with Crippen molar-refractivity contribution < 1.29 is 4.79 Å². The van der Waals surface area contributed by atoms with Gasteiger partial charge in [0.25, 0.3) is 0 Å². The van der Waals surface area contributed by atoms with Crippen molar-refractivity contribution in [2.24, 2.45) is 5.41 Å². The summed E-state index contributed by atoms with van der Waals surface area (Å²) in [5.41, 5.74) is 3.79. The van der Waals surface area contributed by atoms with Crippen LogP contribution in [-0.4, -0.2) is 43.1 Å². The molecule has 26 heavy (non-hydrogen) atoms. The number of carbonyl (C=O) groups excluding carboxylic acids is 1. The number of aromatic amines is 1. The molecule has 4 rings (SSSR count). The lowest BCUT2D eigenvalue weighted by molar-refractivity contribution is -0.122. The maximum absolute atomic E-state index is 12.6. The van der Waals surface area contributed by atoms with E-state index in [2.05, 4.69) is 27.9 Å². The molecule has 0 bridgehead atoms. The van der Waals surface area contributed by atoms with Crippen LogP contribution in [-0.2, 0) is 11.2 Å². The summed E-state index contributed by atoms with van der Waals surface area (Å²) in [5, 5.41) is 11.9. The van der Waals surface area contributed by atoms with E-state index in [0.717, 1.165) is 54.1 Å². The second kappa shape index (κ2) is 7.22. The number of aromatic nitrogens is 1. The van der Waals surface area contributed by atoms with Gasteiger partial charge in [0.15, 0.2) is 0 Å². The van der Waals surface area contributed by atoms with Crippen molar-refractivity contribution >= 4 is 28.4 Å². The van der Waals surface area contributed by atoms with Crippen LogP contribution in [0.1, 0.15) is 30.5 Å². The summed E-state index contributed by atoms with van der Waals surface area (Å²) in [5.74, 6) is 0.135. The largest absolute Gasteiger partial charge is 0.358 e. The first-order valence-corrected chi connectivity index (χ1v) is 9.93. The molecule has 5 nitrogen and oxygen atoms in total. The van der Waals surface area contributed by atoms with Crippen LogP contribution in [0.5, 0.6) is 0 Å². The van der Waals surface area contributed by atoms with E-state index in [1.54, 1.807) is 0 Å². The number of hydrogen-bond donors (Lipinski definition) is 4. The van der Waals surface area contributed by atoms with Gasteiger partial charge in [0.05, 0.1) is 6.04 Å². The zero-order chi connectivity index (χ0) is 18.1. The van der Waals surface area contributed by atoms with Crippen LogP contribution in [0, 0.1) is 12.3 Å². The van der Waals surface area contributed by atoms with Crippen molar-refractivity contribution in [2.45, 2.75) is 38.6 Å². The molecule has 1 atom stereocenters. The molecular weight excluding hydrogens is 348 g/mol. The molecule has 1 amide bonds. The van der Waals surface area contributed by atoms with Crippen molar-refractivity contribution in [3.05, 3.63) is 34.5 Å². The van der Waals surface area contributed by atoms with Gasteiger partial charge in [0.2, 0.25) is 5.91 Å². The molecule has 6 heteroatoms. The Morgan fingerprint density at radius 1 is 1.35 bits per heavy atom. The van der Waals surface area contributed by atoms with Crippen molar-refractivity contribution in [1.29, 1.82) is 0 Å². The normalized spacial score (nSPS) is 22.2. The van der Waals surface area contributed by atoms with Gasteiger partial charge in [0, 0.05) is 34.7 Å². The molecule has 2 saturated heterocycles. The number of rotatable bonds is 4. The fourth-order valence-corrected chi connectivity index (χ4v) is 4.72. The maximum Gasteiger partial charge on any atom is 0.237 e. The van der Waals surface area contributed by atoms with Crippen molar-refractivity contribution in [2.75, 3.05) is 26.2 Å². The average Bonchev–Trinajstić information content (AvgIpc) is 3.17. The van der Waals surface area contributed by atoms with Crippen molar-refractivity contribution in [3.63, 3.8) is 0 Å². The third-order valence-electron chi connectivity index (χ3n) is 6.10. The van der Waals surface area contributed by atoms with Gasteiger partial charge in [-0.25, -0.2) is 0 Å². The summed E-state index contributed by atoms with van der Waals surface area (Å²) in [6, 6.07) is 5.85. The molecule has 3 heterocycles. The number of halogens is 1. The van der Waals surface area contributed by atoms with Crippen LogP contribution in [0.25, 0.3) is 10.9 Å². The quantitative estimate of drug-likeness (QED) is 0.664. The van der Waals surface area contributed by atoms with Gasteiger partial charge in [0.1, 0.15) is 0 Å². The molecule has 2 aromatic rings. The van der Waals surface area contributed by atoms with Crippen molar-refractivity contribution in [1.82, 2.24) is 20.9 Å². The van der Waals surface area contributed by atoms with Gasteiger partial charge in [-0.15, -0.1) is 0 Å². The number of carbonyl (C=O) groups is 1. The third kappa shape index (κ3) is 3.48. The van der Waals surface area contributed by atoms with E-state index in [1.165, 1.54) is 18.4 Å². The summed E-state index contributed by atoms with van der Waals surface area (Å²) in [6.07, 6.45) is 4.10. The molecule has 1 spiro atoms. The number of aryl methyl sites for hydroxylation is 1. The zero-order valence-corrected chi connectivity index (χ0v) is 16.0. The molecule has 0 radical (unpaired) electrons. The fraction of sp³-hybridized carbons (Fsp3) is 0.550. The maximum atomic E-state index is 12.6. The lowest BCUT2D eigenvalue weighted by atomic mass is 9.77. The summed E-state index contributed by atoms with van der Waals surface area (Å²) in [4.78, 5) is 16.0. The summed E-state index contributed by atoms with van der Waals surface area (Å²) in [6.45, 7) is 5.82. The topological polar surface area (TPSA) is 69.0 Å². The van der Waals surface area contributed by atoms with Gasteiger partial charge < -0.3 is 20.9 Å². The van der Waals surface area contributed by atoms with Gasteiger partial charge >= 0.3 is 0 Å². The Bertz CT molecular complexity index is 809. The first kappa shape index (κ1) is 17.8. The van der Waals surface area contributed by atoms with Crippen LogP contribution < -0.4 is 16.0 Å². The highest BCUT2D eigenvalue weighted by Gasteiger charge is 2.41. The standard InChI is InChI=1S/C20H27ClN4O/c1-13-15(16-10-14(21)2-3-17(16)25-13)4-7-23-19(26)18-11-20(12-24-18)5-8-22-9-6-20/h2-3,10,18,22,24-25H,4-9,11-12H2,1H3,(H,23,26)/t18-/m0/s1. The van der Waals surface area contributed by atoms with Gasteiger partial charge in [-0.1, -0.05) is 11.6 Å². The minimum atomic E-state index is -0.0494. The second-order valence-electron chi connectivity index (χ2n) is 7.85. The Kier molecular flexibility index (Phi) is 4.95. The number of hydrogen-bond acceptors (Lipinski definition) is 3. The summed E-state index contributed by atoms with van der Waals surface area (Å²) in [7, 11) is 0. The lowest BCUT2D eigenvalue weighted by Gasteiger charge is -2.33. The molecule has 2 fully saturated rings. The number of piperidine rings is 1. The van der Waals surface area contributed by atoms with E-state index in [0.29, 0.717) is 12.0 Å². The molecule has 2 aliphatic heterocycles. The monoisotopic (exact) mass is 374 g/mol. The molecule has 4 N–H and O–H groups in total. The van der Waals surface area contributed by atoms with E-state index in [4.69, 9.17) is 11.6 Å². The Morgan fingerprint density at radius 2 is 2.15 bits per heavy atom. The van der Waals surface area contributed by atoms with Gasteiger partial charge in [-0.2, -0.15) is 0 Å². The van der Waals surface area contributed by atoms with Crippen molar-refractivity contribution in [3.8, 4) is 0 Å². The first-order valence-electron chi connectivity index (χ1n) is 9.55. The summed E-state index contributed by atoms with van der Waals surface area (Å²) < 4.78 is 0. The average molecular weight is 375 g/mol. The second-order valence-corrected chi connectivity index (χ2v) is 8.28. The van der Waals surface area contributed by atoms with Gasteiger partial charge in [-0.05, 0) is 74.9 Å². The smallest absolute Gasteiger partial charge is 0.237 e. The Morgan fingerprint density at radius 3 is 2.96 bits per heavy atom. The van der Waals surface area contributed by atoms with Crippen LogP contribution in [0.3, 0.4) is 0 Å². The number of benzene rings is 1. The van der Waals surface area contributed by atoms with E-state index >= 15 is 0 Å². The molecule has 1 aromatic heterocycles. The summed E-state index contributed by atoms with van der Waals surface area (Å²) >= 11 is 6.15. The third-order valence-corrected chi connectivity index (χ3v) is 6.33. The predicted molar refractivity (Wildman–Crippen MR) is 106 cm³/mol. The molecular formula is C20H27ClN4O. The zero-order valence-electron chi connectivity index (χ0n) is 15.3. The minimum absolute atomic E-state index is 0.0494. The first-order chi connectivity index (χ1) is 12.6. The number of fused-ring (bicyclic) bond motifs is 1. The number of amides is 1. The Hall–Kier alpha value is -1.56. The SMILES string of the molecule is Cc1[nH]c2ccc(Cl)cc2c1CCNC(=O)[C@@H]1CC2(CCNCC2)CN1. The highest BCUT2D eigenvalue weighted by molar-refractivity contribution is 6.31. The van der Waals surface area contributed by atoms with E-state index in [-0.39, 0.29) is 11.9 Å². The van der Waals surface area contributed by atoms with Crippen LogP contribution >= 0.6 is 11.6 Å². The lowest BCUT2D eigenvalue weighted by Crippen LogP contribution is -2.41. The Balaban J connectivity index is 1.34.